The van der Waals surface area contributed by atoms with Gasteiger partial charge in [-0.2, -0.15) is 0 Å². The van der Waals surface area contributed by atoms with Crippen LogP contribution in [0.4, 0.5) is 4.79 Å². The molecule has 5 heteroatoms. The summed E-state index contributed by atoms with van der Waals surface area (Å²) in [6.45, 7) is 2.56. The summed E-state index contributed by atoms with van der Waals surface area (Å²) in [6.07, 6.45) is 0.152. The molecule has 2 amide bonds. The van der Waals surface area contributed by atoms with Crippen molar-refractivity contribution >= 4 is 12.0 Å². The number of nitrogens with zero attached hydrogens (tertiary/aromatic N) is 2. The van der Waals surface area contributed by atoms with Crippen molar-refractivity contribution in [3.8, 4) is 0 Å². The quantitative estimate of drug-likeness (QED) is 0.660. The van der Waals surface area contributed by atoms with E-state index in [1.807, 2.05) is 0 Å². The van der Waals surface area contributed by atoms with Crippen molar-refractivity contribution in [3.63, 3.8) is 0 Å². The summed E-state index contributed by atoms with van der Waals surface area (Å²) >= 11 is 0. The SMILES string of the molecule is CCN(C(=O)O)N1CCCC1=O. The third kappa shape index (κ3) is 1.49. The topological polar surface area (TPSA) is 60.9 Å². The normalized spacial score (nSPS) is 16.8. The number of amides is 2. The van der Waals surface area contributed by atoms with Gasteiger partial charge in [-0.05, 0) is 13.3 Å². The maximum Gasteiger partial charge on any atom is 0.426 e. The highest BCUT2D eigenvalue weighted by Gasteiger charge is 2.28. The molecule has 1 heterocycles. The Kier molecular flexibility index (Phi) is 2.52. The molecule has 1 rings (SSSR count). The van der Waals surface area contributed by atoms with Gasteiger partial charge in [0.25, 0.3) is 0 Å². The molecule has 0 aromatic carbocycles. The van der Waals surface area contributed by atoms with E-state index in [9.17, 15) is 9.59 Å². The predicted octanol–water partition coefficient (Wildman–Crippen LogP) is 0.524. The summed E-state index contributed by atoms with van der Waals surface area (Å²) in [5, 5.41) is 11.0. The lowest BCUT2D eigenvalue weighted by Crippen LogP contribution is -2.46. The Morgan fingerprint density at radius 1 is 1.75 bits per heavy atom. The third-order valence-corrected chi connectivity index (χ3v) is 1.86. The van der Waals surface area contributed by atoms with Gasteiger partial charge in [-0.15, -0.1) is 0 Å². The molecule has 5 nitrogen and oxygen atoms in total. The zero-order valence-electron chi connectivity index (χ0n) is 6.99. The Morgan fingerprint density at radius 3 is 2.75 bits per heavy atom. The van der Waals surface area contributed by atoms with Crippen LogP contribution in [0.15, 0.2) is 0 Å². The first kappa shape index (κ1) is 8.83. The van der Waals surface area contributed by atoms with Gasteiger partial charge < -0.3 is 5.11 Å². The van der Waals surface area contributed by atoms with Gasteiger partial charge in [0.2, 0.25) is 5.91 Å². The van der Waals surface area contributed by atoms with Crippen molar-refractivity contribution in [1.82, 2.24) is 10.0 Å². The number of carbonyl (C=O) groups is 2. The third-order valence-electron chi connectivity index (χ3n) is 1.86. The van der Waals surface area contributed by atoms with Crippen molar-refractivity contribution < 1.29 is 14.7 Å². The van der Waals surface area contributed by atoms with E-state index in [0.717, 1.165) is 11.4 Å². The number of hydrogen-bond donors (Lipinski definition) is 1. The van der Waals surface area contributed by atoms with Crippen LogP contribution in [0.5, 0.6) is 0 Å². The molecule has 0 aromatic heterocycles. The molecule has 1 aliphatic rings. The Morgan fingerprint density at radius 2 is 2.42 bits per heavy atom. The molecule has 0 aromatic rings. The molecule has 0 spiro atoms. The van der Waals surface area contributed by atoms with E-state index in [1.165, 1.54) is 5.01 Å². The first-order chi connectivity index (χ1) is 5.66. The Hall–Kier alpha value is -1.26. The number of hydrogen-bond acceptors (Lipinski definition) is 2. The smallest absolute Gasteiger partial charge is 0.426 e. The number of rotatable bonds is 2. The van der Waals surface area contributed by atoms with E-state index in [4.69, 9.17) is 5.11 Å². The average Bonchev–Trinajstić information content (AvgIpc) is 2.38. The Balaban J connectivity index is 2.65. The van der Waals surface area contributed by atoms with Gasteiger partial charge in [0, 0.05) is 19.5 Å². The van der Waals surface area contributed by atoms with Gasteiger partial charge in [0.15, 0.2) is 0 Å². The maximum atomic E-state index is 11.1. The fourth-order valence-corrected chi connectivity index (χ4v) is 1.30. The monoisotopic (exact) mass is 172 g/mol. The molecule has 68 valence electrons. The summed E-state index contributed by atoms with van der Waals surface area (Å²) < 4.78 is 0. The second-order valence-electron chi connectivity index (χ2n) is 2.62. The van der Waals surface area contributed by atoms with E-state index >= 15 is 0 Å². The minimum absolute atomic E-state index is 0.0979. The summed E-state index contributed by atoms with van der Waals surface area (Å²) in [5.74, 6) is -0.0979. The van der Waals surface area contributed by atoms with Gasteiger partial charge in [-0.3, -0.25) is 4.79 Å². The van der Waals surface area contributed by atoms with Crippen molar-refractivity contribution in [3.05, 3.63) is 0 Å². The molecule has 0 bridgehead atoms. The van der Waals surface area contributed by atoms with E-state index in [0.29, 0.717) is 19.5 Å². The largest absolute Gasteiger partial charge is 0.464 e. The number of carbonyl (C=O) groups excluding carboxylic acids is 1. The van der Waals surface area contributed by atoms with Crippen LogP contribution in [0.3, 0.4) is 0 Å². The second kappa shape index (κ2) is 3.42. The van der Waals surface area contributed by atoms with Crippen LogP contribution < -0.4 is 0 Å². The standard InChI is InChI=1S/C7H12N2O3/c1-2-8(7(11)12)9-5-3-4-6(9)10/h2-5H2,1H3,(H,11,12). The molecular weight excluding hydrogens is 160 g/mol. The average molecular weight is 172 g/mol. The van der Waals surface area contributed by atoms with E-state index in [1.54, 1.807) is 6.92 Å². The molecule has 1 fully saturated rings. The fourth-order valence-electron chi connectivity index (χ4n) is 1.30. The molecule has 12 heavy (non-hydrogen) atoms. The molecule has 1 saturated heterocycles. The van der Waals surface area contributed by atoms with Crippen molar-refractivity contribution in [2.45, 2.75) is 19.8 Å². The van der Waals surface area contributed by atoms with Gasteiger partial charge in [0.05, 0.1) is 0 Å². The van der Waals surface area contributed by atoms with Crippen LogP contribution >= 0.6 is 0 Å². The highest BCUT2D eigenvalue weighted by atomic mass is 16.4. The lowest BCUT2D eigenvalue weighted by molar-refractivity contribution is -0.139. The highest BCUT2D eigenvalue weighted by molar-refractivity contribution is 5.80. The van der Waals surface area contributed by atoms with Crippen LogP contribution in [0, 0.1) is 0 Å². The molecule has 0 aliphatic carbocycles. The molecule has 1 aliphatic heterocycles. The first-order valence-corrected chi connectivity index (χ1v) is 3.97. The van der Waals surface area contributed by atoms with Crippen LogP contribution in [-0.4, -0.2) is 40.2 Å². The minimum Gasteiger partial charge on any atom is -0.464 e. The lowest BCUT2D eigenvalue weighted by Gasteiger charge is -2.27. The molecule has 0 radical (unpaired) electrons. The van der Waals surface area contributed by atoms with Crippen molar-refractivity contribution in [1.29, 1.82) is 0 Å². The van der Waals surface area contributed by atoms with Crippen molar-refractivity contribution in [2.24, 2.45) is 0 Å². The van der Waals surface area contributed by atoms with Gasteiger partial charge in [-0.25, -0.2) is 14.8 Å². The van der Waals surface area contributed by atoms with Gasteiger partial charge in [0.1, 0.15) is 0 Å². The Labute approximate surface area is 70.5 Å². The zero-order chi connectivity index (χ0) is 9.14. The van der Waals surface area contributed by atoms with Crippen molar-refractivity contribution in [2.75, 3.05) is 13.1 Å². The summed E-state index contributed by atoms with van der Waals surface area (Å²) in [4.78, 5) is 21.7. The van der Waals surface area contributed by atoms with E-state index in [2.05, 4.69) is 0 Å². The highest BCUT2D eigenvalue weighted by Crippen LogP contribution is 2.12. The molecule has 1 N–H and O–H groups in total. The van der Waals surface area contributed by atoms with E-state index < -0.39 is 6.09 Å². The molecule has 0 unspecified atom stereocenters. The predicted molar refractivity (Wildman–Crippen MR) is 41.4 cm³/mol. The molecular formula is C7H12N2O3. The summed E-state index contributed by atoms with van der Waals surface area (Å²) in [7, 11) is 0. The lowest BCUT2D eigenvalue weighted by atomic mass is 10.4. The summed E-state index contributed by atoms with van der Waals surface area (Å²) in [6, 6.07) is 0. The van der Waals surface area contributed by atoms with E-state index in [-0.39, 0.29) is 5.91 Å². The molecule has 0 saturated carbocycles. The van der Waals surface area contributed by atoms with Crippen LogP contribution in [0.1, 0.15) is 19.8 Å². The Bertz CT molecular complexity index is 205. The van der Waals surface area contributed by atoms with Crippen LogP contribution in [0.2, 0.25) is 0 Å². The maximum absolute atomic E-state index is 11.1. The van der Waals surface area contributed by atoms with Gasteiger partial charge >= 0.3 is 6.09 Å². The second-order valence-corrected chi connectivity index (χ2v) is 2.62. The molecule has 0 atom stereocenters. The fraction of sp³-hybridized carbons (Fsp3) is 0.714. The van der Waals surface area contributed by atoms with Gasteiger partial charge in [-0.1, -0.05) is 0 Å². The number of carboxylic acid groups (broad SMARTS) is 1. The van der Waals surface area contributed by atoms with Crippen LogP contribution in [-0.2, 0) is 4.79 Å². The first-order valence-electron chi connectivity index (χ1n) is 3.97. The summed E-state index contributed by atoms with van der Waals surface area (Å²) in [5.41, 5.74) is 0. The number of hydrazine groups is 1. The minimum atomic E-state index is -1.06. The zero-order valence-corrected chi connectivity index (χ0v) is 6.99. The van der Waals surface area contributed by atoms with Crippen LogP contribution in [0.25, 0.3) is 0 Å².